The third-order valence-corrected chi connectivity index (χ3v) is 5.18. The van der Waals surface area contributed by atoms with Crippen molar-refractivity contribution in [3.05, 3.63) is 58.1 Å². The number of benzene rings is 2. The quantitative estimate of drug-likeness (QED) is 0.801. The number of amides is 1. The summed E-state index contributed by atoms with van der Waals surface area (Å²) in [6.45, 7) is 5.50. The van der Waals surface area contributed by atoms with Gasteiger partial charge < -0.3 is 5.32 Å². The lowest BCUT2D eigenvalue weighted by Crippen LogP contribution is -2.40. The maximum atomic E-state index is 12.6. The molecule has 0 aliphatic heterocycles. The minimum atomic E-state index is -3.96. The molecule has 25 heavy (non-hydrogen) atoms. The van der Waals surface area contributed by atoms with Crippen molar-refractivity contribution in [2.24, 2.45) is 0 Å². The van der Waals surface area contributed by atoms with Gasteiger partial charge in [-0.3, -0.25) is 9.52 Å². The summed E-state index contributed by atoms with van der Waals surface area (Å²) in [5, 5.41) is 3.29. The van der Waals surface area contributed by atoms with Crippen LogP contribution in [-0.2, 0) is 10.0 Å². The van der Waals surface area contributed by atoms with Gasteiger partial charge in [-0.15, -0.1) is 0 Å². The van der Waals surface area contributed by atoms with E-state index in [0.717, 1.165) is 0 Å². The van der Waals surface area contributed by atoms with Gasteiger partial charge in [-0.25, -0.2) is 8.42 Å². The van der Waals surface area contributed by atoms with Crippen molar-refractivity contribution in [3.63, 3.8) is 0 Å². The molecular formula is C17H18Cl2N2O3S. The lowest BCUT2D eigenvalue weighted by molar-refractivity contribution is 0.0919. The van der Waals surface area contributed by atoms with Crippen LogP contribution in [0.1, 0.15) is 31.1 Å². The van der Waals surface area contributed by atoms with E-state index in [1.165, 1.54) is 30.3 Å². The van der Waals surface area contributed by atoms with Gasteiger partial charge in [0.25, 0.3) is 15.9 Å². The van der Waals surface area contributed by atoms with E-state index < -0.39 is 15.6 Å². The van der Waals surface area contributed by atoms with Crippen molar-refractivity contribution in [1.82, 2.24) is 5.32 Å². The van der Waals surface area contributed by atoms with Gasteiger partial charge in [-0.05, 0) is 63.2 Å². The number of hydrogen-bond acceptors (Lipinski definition) is 3. The molecule has 8 heteroatoms. The minimum Gasteiger partial charge on any atom is -0.347 e. The summed E-state index contributed by atoms with van der Waals surface area (Å²) < 4.78 is 27.6. The molecule has 2 rings (SSSR count). The molecule has 0 saturated carbocycles. The second kappa shape index (κ2) is 7.23. The lowest BCUT2D eigenvalue weighted by Gasteiger charge is -2.20. The van der Waals surface area contributed by atoms with E-state index in [1.54, 1.807) is 12.1 Å². The molecule has 0 atom stereocenters. The predicted molar refractivity (Wildman–Crippen MR) is 101 cm³/mol. The zero-order valence-electron chi connectivity index (χ0n) is 13.9. The van der Waals surface area contributed by atoms with Gasteiger partial charge in [0.1, 0.15) is 4.90 Å². The highest BCUT2D eigenvalue weighted by molar-refractivity contribution is 7.92. The number of halogens is 2. The van der Waals surface area contributed by atoms with Crippen molar-refractivity contribution in [2.75, 3.05) is 4.72 Å². The van der Waals surface area contributed by atoms with Gasteiger partial charge >= 0.3 is 0 Å². The van der Waals surface area contributed by atoms with Crippen LogP contribution in [-0.4, -0.2) is 19.9 Å². The zero-order valence-corrected chi connectivity index (χ0v) is 16.3. The van der Waals surface area contributed by atoms with Crippen LogP contribution in [0.15, 0.2) is 47.4 Å². The summed E-state index contributed by atoms with van der Waals surface area (Å²) in [6, 6.07) is 10.3. The Bertz CT molecular complexity index is 889. The highest BCUT2D eigenvalue weighted by atomic mass is 35.5. The zero-order chi connectivity index (χ0) is 18.8. The summed E-state index contributed by atoms with van der Waals surface area (Å²) in [4.78, 5) is 12.1. The first-order valence-electron chi connectivity index (χ1n) is 7.38. The molecule has 0 saturated heterocycles. The number of anilines is 1. The number of carbonyl (C=O) groups is 1. The highest BCUT2D eigenvalue weighted by Gasteiger charge is 2.22. The van der Waals surface area contributed by atoms with Crippen molar-refractivity contribution in [1.29, 1.82) is 0 Å². The standard InChI is InChI=1S/C17H18Cl2N2O3S/c1-17(2,3)20-16(22)11-4-9-14(19)15(10-11)25(23,24)21-13-7-5-12(18)6-8-13/h4-10,21H,1-3H3,(H,20,22). The first-order chi connectivity index (χ1) is 11.5. The molecule has 0 heterocycles. The molecule has 5 nitrogen and oxygen atoms in total. The second-order valence-corrected chi connectivity index (χ2v) is 8.96. The molecule has 2 aromatic rings. The molecule has 1 amide bonds. The highest BCUT2D eigenvalue weighted by Crippen LogP contribution is 2.26. The van der Waals surface area contributed by atoms with Crippen LogP contribution in [0.25, 0.3) is 0 Å². The molecule has 2 aromatic carbocycles. The Balaban J connectivity index is 2.35. The van der Waals surface area contributed by atoms with Crippen LogP contribution in [0, 0.1) is 0 Å². The van der Waals surface area contributed by atoms with Gasteiger partial charge in [0.05, 0.1) is 5.02 Å². The van der Waals surface area contributed by atoms with Gasteiger partial charge in [0.15, 0.2) is 0 Å². The largest absolute Gasteiger partial charge is 0.347 e. The fourth-order valence-corrected chi connectivity index (χ4v) is 3.70. The maximum Gasteiger partial charge on any atom is 0.263 e. The van der Waals surface area contributed by atoms with Crippen LogP contribution in [0.2, 0.25) is 10.0 Å². The smallest absolute Gasteiger partial charge is 0.263 e. The topological polar surface area (TPSA) is 75.3 Å². The van der Waals surface area contributed by atoms with E-state index in [9.17, 15) is 13.2 Å². The third kappa shape index (κ3) is 5.36. The van der Waals surface area contributed by atoms with E-state index in [-0.39, 0.29) is 21.4 Å². The van der Waals surface area contributed by atoms with E-state index in [0.29, 0.717) is 10.7 Å². The molecule has 0 radical (unpaired) electrons. The van der Waals surface area contributed by atoms with E-state index in [1.807, 2.05) is 20.8 Å². The van der Waals surface area contributed by atoms with Gasteiger partial charge in [-0.1, -0.05) is 23.2 Å². The fraction of sp³-hybridized carbons (Fsp3) is 0.235. The third-order valence-electron chi connectivity index (χ3n) is 3.07. The molecule has 0 aliphatic carbocycles. The summed E-state index contributed by atoms with van der Waals surface area (Å²) in [6.07, 6.45) is 0. The first kappa shape index (κ1) is 19.6. The average Bonchev–Trinajstić information content (AvgIpc) is 2.48. The Morgan fingerprint density at radius 1 is 1.00 bits per heavy atom. The molecule has 0 aliphatic rings. The molecule has 0 bridgehead atoms. The number of hydrogen-bond donors (Lipinski definition) is 2. The van der Waals surface area contributed by atoms with Crippen LogP contribution in [0.3, 0.4) is 0 Å². The van der Waals surface area contributed by atoms with E-state index >= 15 is 0 Å². The lowest BCUT2D eigenvalue weighted by atomic mass is 10.1. The maximum absolute atomic E-state index is 12.6. The molecule has 0 aromatic heterocycles. The SMILES string of the molecule is CC(C)(C)NC(=O)c1ccc(Cl)c(S(=O)(=O)Nc2ccc(Cl)cc2)c1. The summed E-state index contributed by atoms with van der Waals surface area (Å²) in [5.41, 5.74) is 0.0953. The Kier molecular flexibility index (Phi) is 5.66. The number of carbonyl (C=O) groups excluding carboxylic acids is 1. The van der Waals surface area contributed by atoms with Gasteiger partial charge in [0, 0.05) is 21.8 Å². The minimum absolute atomic E-state index is 0.0220. The average molecular weight is 401 g/mol. The number of rotatable bonds is 4. The number of sulfonamides is 1. The van der Waals surface area contributed by atoms with Crippen LogP contribution in [0.5, 0.6) is 0 Å². The Morgan fingerprint density at radius 2 is 1.60 bits per heavy atom. The van der Waals surface area contributed by atoms with Crippen molar-refractivity contribution in [3.8, 4) is 0 Å². The molecule has 2 N–H and O–H groups in total. The van der Waals surface area contributed by atoms with Gasteiger partial charge in [-0.2, -0.15) is 0 Å². The van der Waals surface area contributed by atoms with Crippen molar-refractivity contribution >= 4 is 44.8 Å². The second-order valence-electron chi connectivity index (χ2n) is 6.46. The monoisotopic (exact) mass is 400 g/mol. The first-order valence-corrected chi connectivity index (χ1v) is 9.62. The normalized spacial score (nSPS) is 11.9. The fourth-order valence-electron chi connectivity index (χ4n) is 1.99. The molecule has 0 spiro atoms. The Morgan fingerprint density at radius 3 is 2.16 bits per heavy atom. The van der Waals surface area contributed by atoms with Crippen LogP contribution < -0.4 is 10.0 Å². The molecule has 0 unspecified atom stereocenters. The van der Waals surface area contributed by atoms with Crippen molar-refractivity contribution < 1.29 is 13.2 Å². The predicted octanol–water partition coefficient (Wildman–Crippen LogP) is 4.32. The summed E-state index contributed by atoms with van der Waals surface area (Å²) in [5.74, 6) is -0.382. The molecule has 0 fully saturated rings. The summed E-state index contributed by atoms with van der Waals surface area (Å²) >= 11 is 11.8. The summed E-state index contributed by atoms with van der Waals surface area (Å²) in [7, 11) is -3.96. The van der Waals surface area contributed by atoms with Crippen LogP contribution in [0.4, 0.5) is 5.69 Å². The Labute approximate surface area is 157 Å². The molecular weight excluding hydrogens is 383 g/mol. The Hall–Kier alpha value is -1.76. The van der Waals surface area contributed by atoms with E-state index in [2.05, 4.69) is 10.0 Å². The van der Waals surface area contributed by atoms with Gasteiger partial charge in [0.2, 0.25) is 0 Å². The van der Waals surface area contributed by atoms with Crippen LogP contribution >= 0.6 is 23.2 Å². The number of nitrogens with one attached hydrogen (secondary N) is 2. The van der Waals surface area contributed by atoms with Crippen molar-refractivity contribution in [2.45, 2.75) is 31.2 Å². The van der Waals surface area contributed by atoms with E-state index in [4.69, 9.17) is 23.2 Å². The molecule has 134 valence electrons.